The molecule has 0 saturated heterocycles. The fourth-order valence-electron chi connectivity index (χ4n) is 1.81. The van der Waals surface area contributed by atoms with Crippen molar-refractivity contribution < 1.29 is 13.9 Å². The molecule has 1 aromatic heterocycles. The van der Waals surface area contributed by atoms with E-state index >= 15 is 0 Å². The maximum absolute atomic E-state index is 13.7. The van der Waals surface area contributed by atoms with Crippen molar-refractivity contribution in [1.82, 2.24) is 9.97 Å². The summed E-state index contributed by atoms with van der Waals surface area (Å²) >= 11 is 0. The van der Waals surface area contributed by atoms with Crippen LogP contribution in [0.5, 0.6) is 5.88 Å². The zero-order valence-corrected chi connectivity index (χ0v) is 9.44. The predicted octanol–water partition coefficient (Wildman–Crippen LogP) is 3.42. The fourth-order valence-corrected chi connectivity index (χ4v) is 1.81. The first kappa shape index (κ1) is 11.1. The summed E-state index contributed by atoms with van der Waals surface area (Å²) in [5.74, 6) is 0.182. The van der Waals surface area contributed by atoms with E-state index in [0.29, 0.717) is 17.1 Å². The molecule has 0 unspecified atom stereocenters. The van der Waals surface area contributed by atoms with Gasteiger partial charge in [0.1, 0.15) is 11.6 Å². The van der Waals surface area contributed by atoms with Crippen molar-refractivity contribution in [2.75, 3.05) is 0 Å². The summed E-state index contributed by atoms with van der Waals surface area (Å²) < 4.78 is 26.0. The summed E-state index contributed by atoms with van der Waals surface area (Å²) in [7, 11) is 0. The summed E-state index contributed by atoms with van der Waals surface area (Å²) in [4.78, 5) is 11.9. The molecular weight excluding hydrogens is 238 g/mol. The Bertz CT molecular complexity index is 585. The van der Waals surface area contributed by atoms with Crippen LogP contribution in [-0.2, 0) is 0 Å². The smallest absolute Gasteiger partial charge is 0.266 e. The molecule has 0 atom stereocenters. The van der Waals surface area contributed by atoms with Gasteiger partial charge in [-0.15, -0.1) is 0 Å². The lowest BCUT2D eigenvalue weighted by Crippen LogP contribution is -1.98. The van der Waals surface area contributed by atoms with Crippen LogP contribution in [0.3, 0.4) is 0 Å². The first-order valence-corrected chi connectivity index (χ1v) is 5.70. The van der Waals surface area contributed by atoms with Crippen molar-refractivity contribution in [3.05, 3.63) is 42.0 Å². The summed E-state index contributed by atoms with van der Waals surface area (Å²) in [6.45, 7) is 0. The monoisotopic (exact) mass is 248 g/mol. The summed E-state index contributed by atoms with van der Waals surface area (Å²) in [5, 5.41) is 0. The molecule has 0 amide bonds. The topological polar surface area (TPSA) is 35.0 Å². The van der Waals surface area contributed by atoms with Crippen molar-refractivity contribution in [1.29, 1.82) is 0 Å². The molecule has 2 aromatic rings. The Morgan fingerprint density at radius 3 is 2.61 bits per heavy atom. The molecule has 1 saturated carbocycles. The SMILES string of the molecule is FOc1cc(-c2ccccc2F)nc(C2CC2)n1. The Balaban J connectivity index is 2.10. The number of hydrogen-bond acceptors (Lipinski definition) is 3. The third-order valence-electron chi connectivity index (χ3n) is 2.89. The third-order valence-corrected chi connectivity index (χ3v) is 2.89. The van der Waals surface area contributed by atoms with Gasteiger partial charge in [-0.3, -0.25) is 4.94 Å². The molecule has 0 N–H and O–H groups in total. The number of benzene rings is 1. The van der Waals surface area contributed by atoms with Gasteiger partial charge in [0, 0.05) is 22.1 Å². The third kappa shape index (κ3) is 2.03. The van der Waals surface area contributed by atoms with E-state index in [-0.39, 0.29) is 11.8 Å². The van der Waals surface area contributed by atoms with Crippen molar-refractivity contribution in [2.45, 2.75) is 18.8 Å². The summed E-state index contributed by atoms with van der Waals surface area (Å²) in [6, 6.07) is 7.52. The van der Waals surface area contributed by atoms with Crippen LogP contribution in [0.15, 0.2) is 30.3 Å². The van der Waals surface area contributed by atoms with Crippen LogP contribution in [0, 0.1) is 5.82 Å². The lowest BCUT2D eigenvalue weighted by molar-refractivity contribution is -0.0122. The molecule has 1 fully saturated rings. The van der Waals surface area contributed by atoms with E-state index in [2.05, 4.69) is 14.9 Å². The van der Waals surface area contributed by atoms with E-state index in [4.69, 9.17) is 0 Å². The lowest BCUT2D eigenvalue weighted by Gasteiger charge is -2.05. The quantitative estimate of drug-likeness (QED) is 0.834. The maximum Gasteiger partial charge on any atom is 0.266 e. The Morgan fingerprint density at radius 2 is 1.94 bits per heavy atom. The number of aromatic nitrogens is 2. The molecule has 3 rings (SSSR count). The van der Waals surface area contributed by atoms with Crippen molar-refractivity contribution >= 4 is 0 Å². The standard InChI is InChI=1S/C13H10F2N2O/c14-10-4-2-1-3-9(10)11-7-12(18-15)17-13(16-11)8-5-6-8/h1-4,7-8H,5-6H2. The predicted molar refractivity (Wildman–Crippen MR) is 61.1 cm³/mol. The minimum Gasteiger partial charge on any atom is -0.273 e. The highest BCUT2D eigenvalue weighted by molar-refractivity contribution is 5.60. The Labute approximate surface area is 102 Å². The van der Waals surface area contributed by atoms with Gasteiger partial charge in [-0.25, -0.2) is 9.37 Å². The van der Waals surface area contributed by atoms with Crippen molar-refractivity contribution in [2.24, 2.45) is 0 Å². The molecule has 1 aromatic carbocycles. The minimum absolute atomic E-state index is 0.176. The molecule has 0 radical (unpaired) electrons. The van der Waals surface area contributed by atoms with Crippen LogP contribution in [0.4, 0.5) is 8.92 Å². The van der Waals surface area contributed by atoms with Crippen molar-refractivity contribution in [3.8, 4) is 17.1 Å². The highest BCUT2D eigenvalue weighted by atomic mass is 19.3. The Hall–Kier alpha value is -2.04. The molecule has 0 spiro atoms. The number of hydrogen-bond donors (Lipinski definition) is 0. The van der Waals surface area contributed by atoms with Crippen LogP contribution in [0.2, 0.25) is 0 Å². The Kier molecular flexibility index (Phi) is 2.66. The van der Waals surface area contributed by atoms with Gasteiger partial charge in [0.15, 0.2) is 0 Å². The molecule has 0 bridgehead atoms. The van der Waals surface area contributed by atoms with Crippen LogP contribution in [0.25, 0.3) is 11.3 Å². The van der Waals surface area contributed by atoms with Gasteiger partial charge in [0.05, 0.1) is 5.69 Å². The van der Waals surface area contributed by atoms with E-state index in [1.54, 1.807) is 18.2 Å². The van der Waals surface area contributed by atoms with Crippen LogP contribution in [0.1, 0.15) is 24.6 Å². The lowest BCUT2D eigenvalue weighted by atomic mass is 10.1. The van der Waals surface area contributed by atoms with Gasteiger partial charge in [-0.05, 0) is 25.0 Å². The largest absolute Gasteiger partial charge is 0.273 e. The number of nitrogens with zero attached hydrogens (tertiary/aromatic N) is 2. The Morgan fingerprint density at radius 1 is 1.17 bits per heavy atom. The molecular formula is C13H10F2N2O. The molecule has 1 heterocycles. The van der Waals surface area contributed by atoms with E-state index < -0.39 is 5.82 Å². The molecule has 92 valence electrons. The molecule has 18 heavy (non-hydrogen) atoms. The second-order valence-electron chi connectivity index (χ2n) is 4.28. The van der Waals surface area contributed by atoms with Gasteiger partial charge in [0.2, 0.25) is 0 Å². The first-order chi connectivity index (χ1) is 8.78. The van der Waals surface area contributed by atoms with Crippen LogP contribution >= 0.6 is 0 Å². The van der Waals surface area contributed by atoms with Gasteiger partial charge >= 0.3 is 0 Å². The van der Waals surface area contributed by atoms with Crippen molar-refractivity contribution in [3.63, 3.8) is 0 Å². The summed E-state index contributed by atoms with van der Waals surface area (Å²) in [5.41, 5.74) is 0.665. The van der Waals surface area contributed by atoms with E-state index in [1.807, 2.05) is 0 Å². The van der Waals surface area contributed by atoms with Gasteiger partial charge < -0.3 is 0 Å². The minimum atomic E-state index is -0.400. The highest BCUT2D eigenvalue weighted by Crippen LogP contribution is 2.39. The fraction of sp³-hybridized carbons (Fsp3) is 0.231. The average Bonchev–Trinajstić information content (AvgIpc) is 3.23. The van der Waals surface area contributed by atoms with Gasteiger partial charge in [0.25, 0.3) is 5.88 Å². The second-order valence-corrected chi connectivity index (χ2v) is 4.28. The molecule has 0 aliphatic heterocycles. The highest BCUT2D eigenvalue weighted by Gasteiger charge is 2.28. The zero-order chi connectivity index (χ0) is 12.5. The molecule has 1 aliphatic carbocycles. The van der Waals surface area contributed by atoms with Gasteiger partial charge in [-0.2, -0.15) is 4.98 Å². The van der Waals surface area contributed by atoms with Crippen LogP contribution < -0.4 is 4.94 Å². The molecule has 5 heteroatoms. The first-order valence-electron chi connectivity index (χ1n) is 5.70. The normalized spacial score (nSPS) is 14.6. The number of halogens is 2. The van der Waals surface area contributed by atoms with E-state index in [1.165, 1.54) is 12.1 Å². The molecule has 3 nitrogen and oxygen atoms in total. The van der Waals surface area contributed by atoms with E-state index in [9.17, 15) is 8.92 Å². The van der Waals surface area contributed by atoms with E-state index in [0.717, 1.165) is 12.8 Å². The summed E-state index contributed by atoms with van der Waals surface area (Å²) in [6.07, 6.45) is 1.96. The number of rotatable bonds is 3. The van der Waals surface area contributed by atoms with Gasteiger partial charge in [-0.1, -0.05) is 12.1 Å². The average molecular weight is 248 g/mol. The zero-order valence-electron chi connectivity index (χ0n) is 9.44. The van der Waals surface area contributed by atoms with Crippen LogP contribution in [-0.4, -0.2) is 9.97 Å². The molecule has 1 aliphatic rings. The second kappa shape index (κ2) is 4.33. The maximum atomic E-state index is 13.7.